The van der Waals surface area contributed by atoms with Crippen LogP contribution < -0.4 is 5.73 Å². The smallest absolute Gasteiger partial charge is 0.335 e. The number of carboxylic acids is 1. The Bertz CT molecular complexity index is 584. The summed E-state index contributed by atoms with van der Waals surface area (Å²) in [6.07, 6.45) is 2.20. The van der Waals surface area contributed by atoms with Crippen LogP contribution >= 0.6 is 0 Å². The van der Waals surface area contributed by atoms with Gasteiger partial charge in [0.2, 0.25) is 0 Å². The van der Waals surface area contributed by atoms with Crippen LogP contribution in [-0.2, 0) is 0 Å². The fourth-order valence-corrected chi connectivity index (χ4v) is 1.99. The van der Waals surface area contributed by atoms with Crippen LogP contribution in [0.4, 0.5) is 5.95 Å². The molecule has 4 N–H and O–H groups in total. The first-order valence-corrected chi connectivity index (χ1v) is 5.17. The third-order valence-electron chi connectivity index (χ3n) is 2.90. The van der Waals surface area contributed by atoms with Crippen molar-refractivity contribution < 1.29 is 9.90 Å². The Morgan fingerprint density at radius 3 is 2.88 bits per heavy atom. The van der Waals surface area contributed by atoms with E-state index in [4.69, 9.17) is 10.8 Å². The number of benzene rings is 1. The highest BCUT2D eigenvalue weighted by Crippen LogP contribution is 2.43. The van der Waals surface area contributed by atoms with E-state index in [-0.39, 0.29) is 5.56 Å². The van der Waals surface area contributed by atoms with Gasteiger partial charge in [0.15, 0.2) is 5.95 Å². The monoisotopic (exact) mass is 217 g/mol. The van der Waals surface area contributed by atoms with Gasteiger partial charge in [-0.3, -0.25) is 0 Å². The SMILES string of the molecule is Nc1nc2c(C3CC3)cc(C(=O)O)cc2[nH]1. The minimum Gasteiger partial charge on any atom is -0.478 e. The van der Waals surface area contributed by atoms with Crippen LogP contribution in [0.3, 0.4) is 0 Å². The molecule has 0 atom stereocenters. The summed E-state index contributed by atoms with van der Waals surface area (Å²) in [7, 11) is 0. The summed E-state index contributed by atoms with van der Waals surface area (Å²) in [5.41, 5.74) is 8.40. The Balaban J connectivity index is 2.29. The third-order valence-corrected chi connectivity index (χ3v) is 2.90. The lowest BCUT2D eigenvalue weighted by molar-refractivity contribution is 0.0697. The Morgan fingerprint density at radius 2 is 2.25 bits per heavy atom. The predicted octanol–water partition coefficient (Wildman–Crippen LogP) is 1.72. The maximum atomic E-state index is 11.0. The number of hydrogen-bond acceptors (Lipinski definition) is 3. The first kappa shape index (κ1) is 9.21. The number of rotatable bonds is 2. The molecule has 82 valence electrons. The van der Waals surface area contributed by atoms with Gasteiger partial charge in [0.25, 0.3) is 0 Å². The van der Waals surface area contributed by atoms with Crippen molar-refractivity contribution in [2.45, 2.75) is 18.8 Å². The molecule has 1 aliphatic rings. The lowest BCUT2D eigenvalue weighted by Crippen LogP contribution is -1.98. The number of anilines is 1. The number of imidazole rings is 1. The first-order valence-electron chi connectivity index (χ1n) is 5.17. The molecule has 1 heterocycles. The molecule has 1 aromatic carbocycles. The lowest BCUT2D eigenvalue weighted by atomic mass is 10.0. The van der Waals surface area contributed by atoms with Crippen molar-refractivity contribution in [1.82, 2.24) is 9.97 Å². The zero-order valence-corrected chi connectivity index (χ0v) is 8.53. The number of H-pyrrole nitrogens is 1. The average molecular weight is 217 g/mol. The van der Waals surface area contributed by atoms with Crippen LogP contribution in [-0.4, -0.2) is 21.0 Å². The number of nitrogens with one attached hydrogen (secondary N) is 1. The normalized spacial score (nSPS) is 15.5. The summed E-state index contributed by atoms with van der Waals surface area (Å²) in [6.45, 7) is 0. The second kappa shape index (κ2) is 2.98. The molecule has 5 nitrogen and oxygen atoms in total. The van der Waals surface area contributed by atoms with Gasteiger partial charge in [-0.15, -0.1) is 0 Å². The molecule has 1 aromatic heterocycles. The summed E-state index contributed by atoms with van der Waals surface area (Å²) in [4.78, 5) is 18.1. The van der Waals surface area contributed by atoms with Crippen LogP contribution in [0.25, 0.3) is 11.0 Å². The van der Waals surface area contributed by atoms with Gasteiger partial charge in [-0.25, -0.2) is 9.78 Å². The molecule has 3 rings (SSSR count). The number of nitrogens with two attached hydrogens (primary N) is 1. The molecule has 5 heteroatoms. The summed E-state index contributed by atoms with van der Waals surface area (Å²) >= 11 is 0. The molecule has 0 radical (unpaired) electrons. The second-order valence-electron chi connectivity index (χ2n) is 4.16. The van der Waals surface area contributed by atoms with E-state index >= 15 is 0 Å². The van der Waals surface area contributed by atoms with Crippen molar-refractivity contribution in [2.75, 3.05) is 5.73 Å². The van der Waals surface area contributed by atoms with Gasteiger partial charge < -0.3 is 15.8 Å². The number of hydrogen-bond donors (Lipinski definition) is 3. The van der Waals surface area contributed by atoms with Crippen molar-refractivity contribution in [3.05, 3.63) is 23.3 Å². The Morgan fingerprint density at radius 1 is 1.50 bits per heavy atom. The van der Waals surface area contributed by atoms with E-state index in [1.807, 2.05) is 0 Å². The van der Waals surface area contributed by atoms with E-state index in [1.54, 1.807) is 12.1 Å². The second-order valence-corrected chi connectivity index (χ2v) is 4.16. The summed E-state index contributed by atoms with van der Waals surface area (Å²) < 4.78 is 0. The Kier molecular flexibility index (Phi) is 1.71. The minimum atomic E-state index is -0.919. The zero-order chi connectivity index (χ0) is 11.3. The van der Waals surface area contributed by atoms with E-state index in [0.29, 0.717) is 17.4 Å². The van der Waals surface area contributed by atoms with Gasteiger partial charge in [-0.1, -0.05) is 0 Å². The van der Waals surface area contributed by atoms with Crippen LogP contribution in [0.2, 0.25) is 0 Å². The van der Waals surface area contributed by atoms with Crippen molar-refractivity contribution in [1.29, 1.82) is 0 Å². The summed E-state index contributed by atoms with van der Waals surface area (Å²) in [5, 5.41) is 9.01. The maximum absolute atomic E-state index is 11.0. The fourth-order valence-electron chi connectivity index (χ4n) is 1.99. The van der Waals surface area contributed by atoms with Crippen LogP contribution in [0.15, 0.2) is 12.1 Å². The van der Waals surface area contributed by atoms with E-state index < -0.39 is 5.97 Å². The molecule has 1 fully saturated rings. The van der Waals surface area contributed by atoms with Gasteiger partial charge in [0, 0.05) is 0 Å². The Labute approximate surface area is 91.3 Å². The molecule has 2 aromatic rings. The minimum absolute atomic E-state index is 0.290. The predicted molar refractivity (Wildman–Crippen MR) is 59.4 cm³/mol. The van der Waals surface area contributed by atoms with Crippen molar-refractivity contribution in [2.24, 2.45) is 0 Å². The number of aromatic amines is 1. The average Bonchev–Trinajstić information content (AvgIpc) is 2.98. The van der Waals surface area contributed by atoms with Gasteiger partial charge in [-0.05, 0) is 36.5 Å². The number of carbonyl (C=O) groups is 1. The zero-order valence-electron chi connectivity index (χ0n) is 8.53. The van der Waals surface area contributed by atoms with E-state index in [0.717, 1.165) is 23.9 Å². The molecule has 0 saturated heterocycles. The summed E-state index contributed by atoms with van der Waals surface area (Å²) in [6, 6.07) is 3.29. The number of nitrogen functional groups attached to an aromatic ring is 1. The first-order chi connectivity index (χ1) is 7.65. The van der Waals surface area contributed by atoms with Gasteiger partial charge in [-0.2, -0.15) is 0 Å². The molecule has 0 unspecified atom stereocenters. The molecule has 0 bridgehead atoms. The van der Waals surface area contributed by atoms with Gasteiger partial charge >= 0.3 is 5.97 Å². The molecular weight excluding hydrogens is 206 g/mol. The number of carboxylic acid groups (broad SMARTS) is 1. The van der Waals surface area contributed by atoms with Gasteiger partial charge in [0.05, 0.1) is 16.6 Å². The van der Waals surface area contributed by atoms with Crippen LogP contribution in [0.5, 0.6) is 0 Å². The molecule has 1 aliphatic carbocycles. The highest BCUT2D eigenvalue weighted by Gasteiger charge is 2.27. The topological polar surface area (TPSA) is 92.0 Å². The number of aromatic carboxylic acids is 1. The van der Waals surface area contributed by atoms with Gasteiger partial charge in [0.1, 0.15) is 0 Å². The van der Waals surface area contributed by atoms with Crippen molar-refractivity contribution in [3.63, 3.8) is 0 Å². The number of nitrogens with zero attached hydrogens (tertiary/aromatic N) is 1. The van der Waals surface area contributed by atoms with E-state index in [1.165, 1.54) is 0 Å². The third kappa shape index (κ3) is 1.32. The van der Waals surface area contributed by atoms with Crippen LogP contribution in [0.1, 0.15) is 34.7 Å². The molecule has 0 amide bonds. The van der Waals surface area contributed by atoms with Crippen LogP contribution in [0, 0.1) is 0 Å². The van der Waals surface area contributed by atoms with Crippen molar-refractivity contribution >= 4 is 23.0 Å². The standard InChI is InChI=1S/C11H11N3O2/c12-11-13-8-4-6(10(15)16)3-7(5-1-2-5)9(8)14-11/h3-5H,1-2H2,(H,15,16)(H3,12,13,14). The fraction of sp³-hybridized carbons (Fsp3) is 0.273. The lowest BCUT2D eigenvalue weighted by Gasteiger charge is -2.01. The molecule has 0 spiro atoms. The molecule has 0 aliphatic heterocycles. The summed E-state index contributed by atoms with van der Waals surface area (Å²) in [5.74, 6) is -0.138. The highest BCUT2D eigenvalue weighted by molar-refractivity contribution is 5.94. The van der Waals surface area contributed by atoms with Crippen molar-refractivity contribution in [3.8, 4) is 0 Å². The number of aromatic nitrogens is 2. The number of fused-ring (bicyclic) bond motifs is 1. The quantitative estimate of drug-likeness (QED) is 0.714. The molecular formula is C11H11N3O2. The Hall–Kier alpha value is -2.04. The van der Waals surface area contributed by atoms with E-state index in [2.05, 4.69) is 9.97 Å². The van der Waals surface area contributed by atoms with E-state index in [9.17, 15) is 4.79 Å². The largest absolute Gasteiger partial charge is 0.478 e. The maximum Gasteiger partial charge on any atom is 0.335 e. The molecule has 1 saturated carbocycles. The highest BCUT2D eigenvalue weighted by atomic mass is 16.4. The molecule has 16 heavy (non-hydrogen) atoms.